The summed E-state index contributed by atoms with van der Waals surface area (Å²) in [5.41, 5.74) is 4.65. The maximum absolute atomic E-state index is 13.8. The summed E-state index contributed by atoms with van der Waals surface area (Å²) in [4.78, 5) is 18.4. The molecule has 1 fully saturated rings. The van der Waals surface area contributed by atoms with E-state index in [1.54, 1.807) is 31.5 Å². The van der Waals surface area contributed by atoms with E-state index in [1.165, 1.54) is 12.1 Å². The topological polar surface area (TPSA) is 56.3 Å². The van der Waals surface area contributed by atoms with Gasteiger partial charge in [-0.1, -0.05) is 51.1 Å². The number of nitrogens with zero attached hydrogens (tertiary/aromatic N) is 1. The number of halogens is 1. The van der Waals surface area contributed by atoms with Crippen molar-refractivity contribution in [2.75, 3.05) is 19.5 Å². The molecule has 0 bridgehead atoms. The van der Waals surface area contributed by atoms with Crippen LogP contribution >= 0.6 is 7.14 Å². The smallest absolute Gasteiger partial charge is 0.192 e. The lowest BCUT2D eigenvalue weighted by atomic mass is 9.92. The van der Waals surface area contributed by atoms with Crippen LogP contribution in [-0.2, 0) is 13.8 Å². The maximum atomic E-state index is 13.8. The number of aromatic nitrogens is 1. The minimum atomic E-state index is -2.41. The zero-order valence-corrected chi connectivity index (χ0v) is 26.1. The zero-order chi connectivity index (χ0) is 28.6. The Hall–Kier alpha value is -2.40. The second-order valence-corrected chi connectivity index (χ2v) is 21.1. The van der Waals surface area contributed by atoms with Crippen LogP contribution < -0.4 is 0 Å². The standard InChI is InChI=1S/C32H41FNO3PSi/c1-32(2,3)39(6,7)37-26(21-38(4,5)36)20-25(35)18-19-28-30(22-14-16-24(33)17-15-22)27-10-8-9-11-29(27)34-31(28)23-12-13-23/h8-11,14-19,23,26H,12-13,20-21H2,1-7H3/b19-18+/t26-/m1/s1. The van der Waals surface area contributed by atoms with Gasteiger partial charge in [-0.15, -0.1) is 0 Å². The van der Waals surface area contributed by atoms with Crippen LogP contribution in [0.15, 0.2) is 54.6 Å². The molecule has 0 aliphatic heterocycles. The van der Waals surface area contributed by atoms with Crippen LogP contribution in [0.4, 0.5) is 4.39 Å². The van der Waals surface area contributed by atoms with Crippen LogP contribution in [0, 0.1) is 5.82 Å². The number of benzene rings is 2. The minimum absolute atomic E-state index is 0.0183. The van der Waals surface area contributed by atoms with Crippen molar-refractivity contribution < 1.29 is 18.2 Å². The van der Waals surface area contributed by atoms with E-state index in [0.717, 1.165) is 46.1 Å². The van der Waals surface area contributed by atoms with Gasteiger partial charge in [-0.3, -0.25) is 9.78 Å². The predicted molar refractivity (Wildman–Crippen MR) is 164 cm³/mol. The molecule has 1 saturated carbocycles. The molecule has 1 atom stereocenters. The van der Waals surface area contributed by atoms with Gasteiger partial charge in [0.15, 0.2) is 14.1 Å². The summed E-state index contributed by atoms with van der Waals surface area (Å²) in [7, 11) is -4.57. The lowest BCUT2D eigenvalue weighted by Gasteiger charge is -2.39. The van der Waals surface area contributed by atoms with Crippen molar-refractivity contribution in [2.24, 2.45) is 0 Å². The average Bonchev–Trinajstić information content (AvgIpc) is 3.66. The van der Waals surface area contributed by atoms with Crippen molar-refractivity contribution in [2.45, 2.75) is 70.2 Å². The van der Waals surface area contributed by atoms with E-state index in [4.69, 9.17) is 9.41 Å². The predicted octanol–water partition coefficient (Wildman–Crippen LogP) is 8.90. The summed E-state index contributed by atoms with van der Waals surface area (Å²) in [6.07, 6.45) is 5.81. The third-order valence-corrected chi connectivity index (χ3v) is 13.7. The number of hydrogen-bond acceptors (Lipinski definition) is 4. The maximum Gasteiger partial charge on any atom is 0.192 e. The van der Waals surface area contributed by atoms with Gasteiger partial charge < -0.3 is 8.99 Å². The number of rotatable bonds is 10. The Bertz CT molecular complexity index is 1430. The van der Waals surface area contributed by atoms with E-state index in [2.05, 4.69) is 33.9 Å². The fourth-order valence-electron chi connectivity index (χ4n) is 4.71. The fraction of sp³-hybridized carbons (Fsp3) is 0.438. The third-order valence-electron chi connectivity index (χ3n) is 7.83. The average molecular weight is 566 g/mol. The summed E-state index contributed by atoms with van der Waals surface area (Å²) in [6.45, 7) is 14.3. The Morgan fingerprint density at radius 3 is 2.36 bits per heavy atom. The Morgan fingerprint density at radius 1 is 1.13 bits per heavy atom. The molecule has 4 nitrogen and oxygen atoms in total. The Morgan fingerprint density at radius 2 is 1.77 bits per heavy atom. The van der Waals surface area contributed by atoms with Crippen LogP contribution in [0.25, 0.3) is 28.1 Å². The van der Waals surface area contributed by atoms with E-state index in [-0.39, 0.29) is 23.1 Å². The highest BCUT2D eigenvalue weighted by atomic mass is 31.2. The Labute approximate surface area is 233 Å². The molecule has 0 unspecified atom stereocenters. The van der Waals surface area contributed by atoms with Crippen molar-refractivity contribution in [1.82, 2.24) is 4.98 Å². The van der Waals surface area contributed by atoms with Crippen molar-refractivity contribution in [3.05, 3.63) is 71.7 Å². The fourth-order valence-corrected chi connectivity index (χ4v) is 7.38. The molecule has 7 heteroatoms. The van der Waals surface area contributed by atoms with Crippen LogP contribution in [0.2, 0.25) is 18.1 Å². The van der Waals surface area contributed by atoms with Gasteiger partial charge in [0.25, 0.3) is 0 Å². The second kappa shape index (κ2) is 11.2. The zero-order valence-electron chi connectivity index (χ0n) is 24.3. The first kappa shape index (κ1) is 29.6. The van der Waals surface area contributed by atoms with Crippen molar-refractivity contribution >= 4 is 38.2 Å². The summed E-state index contributed by atoms with van der Waals surface area (Å²) in [6, 6.07) is 14.5. The molecule has 0 saturated heterocycles. The summed E-state index contributed by atoms with van der Waals surface area (Å²) < 4.78 is 33.2. The van der Waals surface area contributed by atoms with Gasteiger partial charge in [0.2, 0.25) is 0 Å². The highest BCUT2D eigenvalue weighted by molar-refractivity contribution is 7.62. The first-order chi connectivity index (χ1) is 18.1. The molecule has 4 rings (SSSR count). The van der Waals surface area contributed by atoms with Gasteiger partial charge in [-0.25, -0.2) is 4.39 Å². The minimum Gasteiger partial charge on any atom is -0.413 e. The quantitative estimate of drug-likeness (QED) is 0.140. The lowest BCUT2D eigenvalue weighted by Crippen LogP contribution is -2.45. The molecule has 1 aliphatic carbocycles. The van der Waals surface area contributed by atoms with E-state index in [0.29, 0.717) is 12.1 Å². The summed E-state index contributed by atoms with van der Waals surface area (Å²) in [5, 5.41) is 0.952. The number of carbonyl (C=O) groups excluding carboxylic acids is 1. The molecule has 208 valence electrons. The normalized spacial score (nSPS) is 15.7. The summed E-state index contributed by atoms with van der Waals surface area (Å²) in [5.74, 6) is 0.000106. The van der Waals surface area contributed by atoms with Crippen LogP contribution in [0.5, 0.6) is 0 Å². The van der Waals surface area contributed by atoms with Gasteiger partial charge in [-0.05, 0) is 80.2 Å². The number of allylic oxidation sites excluding steroid dienone is 1. The molecule has 2 aromatic carbocycles. The number of para-hydroxylation sites is 1. The number of fused-ring (bicyclic) bond motifs is 1. The molecule has 1 aromatic heterocycles. The molecular formula is C32H41FNO3PSi. The van der Waals surface area contributed by atoms with E-state index < -0.39 is 21.6 Å². The Balaban J connectivity index is 1.72. The van der Waals surface area contributed by atoms with Crippen molar-refractivity contribution in [3.8, 4) is 11.1 Å². The molecule has 0 amide bonds. The van der Waals surface area contributed by atoms with Gasteiger partial charge in [0, 0.05) is 35.0 Å². The Kier molecular flexibility index (Phi) is 8.52. The van der Waals surface area contributed by atoms with Crippen LogP contribution in [0.1, 0.15) is 57.2 Å². The van der Waals surface area contributed by atoms with Gasteiger partial charge in [0.1, 0.15) is 5.82 Å². The highest BCUT2D eigenvalue weighted by Gasteiger charge is 2.40. The number of pyridine rings is 1. The van der Waals surface area contributed by atoms with Crippen LogP contribution in [0.3, 0.4) is 0 Å². The number of ketones is 1. The number of hydrogen-bond donors (Lipinski definition) is 0. The summed E-state index contributed by atoms with van der Waals surface area (Å²) >= 11 is 0. The number of carbonyl (C=O) groups is 1. The van der Waals surface area contributed by atoms with Gasteiger partial charge >= 0.3 is 0 Å². The second-order valence-electron chi connectivity index (χ2n) is 12.8. The molecule has 1 heterocycles. The third kappa shape index (κ3) is 7.42. The lowest BCUT2D eigenvalue weighted by molar-refractivity contribution is -0.115. The molecule has 39 heavy (non-hydrogen) atoms. The van der Waals surface area contributed by atoms with Crippen molar-refractivity contribution in [3.63, 3.8) is 0 Å². The molecule has 0 N–H and O–H groups in total. The first-order valence-corrected chi connectivity index (χ1v) is 19.5. The van der Waals surface area contributed by atoms with Crippen LogP contribution in [-0.4, -0.2) is 44.7 Å². The first-order valence-electron chi connectivity index (χ1n) is 13.8. The van der Waals surface area contributed by atoms with Crippen molar-refractivity contribution in [1.29, 1.82) is 0 Å². The van der Waals surface area contributed by atoms with E-state index >= 15 is 0 Å². The van der Waals surface area contributed by atoms with E-state index in [9.17, 15) is 13.8 Å². The molecule has 0 radical (unpaired) electrons. The molecule has 0 spiro atoms. The van der Waals surface area contributed by atoms with Gasteiger partial charge in [-0.2, -0.15) is 0 Å². The SMILES string of the molecule is CC(C)(C)[Si](C)(C)O[C@H](CC(=O)/C=C/c1c(C2CC2)nc2ccccc2c1-c1ccc(F)cc1)CP(C)(C)=O. The van der Waals surface area contributed by atoms with Gasteiger partial charge in [0.05, 0.1) is 24.5 Å². The molecule has 3 aromatic rings. The van der Waals surface area contributed by atoms with E-state index in [1.807, 2.05) is 30.3 Å². The monoisotopic (exact) mass is 565 g/mol. The largest absolute Gasteiger partial charge is 0.413 e. The molecular weight excluding hydrogens is 524 g/mol. The highest BCUT2D eigenvalue weighted by Crippen LogP contribution is 2.46. The molecule has 1 aliphatic rings.